The van der Waals surface area contributed by atoms with Crippen LogP contribution in [0.3, 0.4) is 0 Å². The van der Waals surface area contributed by atoms with E-state index in [1.165, 1.54) is 17.4 Å². The highest BCUT2D eigenvalue weighted by Gasteiger charge is 2.13. The topological polar surface area (TPSA) is 75.6 Å². The predicted molar refractivity (Wildman–Crippen MR) is 74.5 cm³/mol. The van der Waals surface area contributed by atoms with Crippen LogP contribution in [0.2, 0.25) is 0 Å². The summed E-state index contributed by atoms with van der Waals surface area (Å²) in [5, 5.41) is 11.4. The number of methoxy groups -OCH3 is 1. The highest BCUT2D eigenvalue weighted by atomic mass is 32.1. The van der Waals surface area contributed by atoms with Crippen molar-refractivity contribution in [3.05, 3.63) is 27.5 Å². The first-order chi connectivity index (χ1) is 8.93. The second-order valence-electron chi connectivity index (χ2n) is 4.16. The number of aliphatic carboxylic acids is 1. The van der Waals surface area contributed by atoms with Crippen molar-refractivity contribution < 1.29 is 19.4 Å². The lowest BCUT2D eigenvalue weighted by Crippen LogP contribution is -2.35. The predicted octanol–water partition coefficient (Wildman–Crippen LogP) is 1.92. The van der Waals surface area contributed by atoms with Gasteiger partial charge in [0.15, 0.2) is 0 Å². The van der Waals surface area contributed by atoms with Crippen LogP contribution in [0.4, 0.5) is 0 Å². The Morgan fingerprint density at radius 3 is 2.84 bits per heavy atom. The summed E-state index contributed by atoms with van der Waals surface area (Å²) >= 11 is 1.27. The summed E-state index contributed by atoms with van der Waals surface area (Å²) in [6, 6.07) is 1.68. The molecule has 6 heteroatoms. The van der Waals surface area contributed by atoms with Crippen molar-refractivity contribution in [2.45, 2.75) is 19.9 Å². The maximum atomic E-state index is 11.9. The van der Waals surface area contributed by atoms with Gasteiger partial charge in [0.25, 0.3) is 5.91 Å². The highest BCUT2D eigenvalue weighted by molar-refractivity contribution is 7.15. The first-order valence-electron chi connectivity index (χ1n) is 5.75. The number of amides is 1. The minimum absolute atomic E-state index is 0.0714. The van der Waals surface area contributed by atoms with Gasteiger partial charge in [0.05, 0.1) is 11.5 Å². The van der Waals surface area contributed by atoms with Crippen molar-refractivity contribution in [2.24, 2.45) is 0 Å². The van der Waals surface area contributed by atoms with Gasteiger partial charge in [-0.15, -0.1) is 11.3 Å². The van der Waals surface area contributed by atoms with Crippen LogP contribution in [0.15, 0.2) is 12.1 Å². The van der Waals surface area contributed by atoms with Crippen LogP contribution in [0.5, 0.6) is 0 Å². The lowest BCUT2D eigenvalue weighted by atomic mass is 10.2. The minimum atomic E-state index is -1.01. The van der Waals surface area contributed by atoms with Crippen molar-refractivity contribution in [3.63, 3.8) is 0 Å². The molecule has 1 unspecified atom stereocenters. The molecule has 19 heavy (non-hydrogen) atoms. The van der Waals surface area contributed by atoms with Crippen LogP contribution in [0, 0.1) is 6.92 Å². The number of carbonyl (C=O) groups excluding carboxylic acids is 1. The van der Waals surface area contributed by atoms with E-state index in [9.17, 15) is 9.59 Å². The second kappa shape index (κ2) is 7.06. The number of carboxylic acids is 1. The second-order valence-corrected chi connectivity index (χ2v) is 5.24. The van der Waals surface area contributed by atoms with E-state index in [4.69, 9.17) is 9.84 Å². The SMILES string of the molecule is COCC(C)NC(=O)c1cc(C)c(C=CC(=O)O)s1. The number of carboxylic acid groups (broad SMARTS) is 1. The molecule has 0 aliphatic heterocycles. The van der Waals surface area contributed by atoms with Crippen molar-refractivity contribution in [1.82, 2.24) is 5.32 Å². The Kier molecular flexibility index (Phi) is 5.72. The zero-order valence-corrected chi connectivity index (χ0v) is 11.9. The van der Waals surface area contributed by atoms with Gasteiger partial charge in [-0.1, -0.05) is 0 Å². The molecule has 0 aliphatic rings. The summed E-state index contributed by atoms with van der Waals surface area (Å²) in [6.45, 7) is 4.14. The first kappa shape index (κ1) is 15.4. The van der Waals surface area contributed by atoms with Gasteiger partial charge in [-0.05, 0) is 31.6 Å². The Morgan fingerprint density at radius 2 is 2.26 bits per heavy atom. The maximum absolute atomic E-state index is 11.9. The lowest BCUT2D eigenvalue weighted by Gasteiger charge is -2.11. The fraction of sp³-hybridized carbons (Fsp3) is 0.385. The third-order valence-corrected chi connectivity index (χ3v) is 3.55. The molecular formula is C13H17NO4S. The van der Waals surface area contributed by atoms with Gasteiger partial charge in [-0.2, -0.15) is 0 Å². The van der Waals surface area contributed by atoms with Crippen molar-refractivity contribution in [3.8, 4) is 0 Å². The molecule has 1 amide bonds. The summed E-state index contributed by atoms with van der Waals surface area (Å²) in [7, 11) is 1.58. The van der Waals surface area contributed by atoms with Crippen LogP contribution in [-0.2, 0) is 9.53 Å². The Labute approximate surface area is 115 Å². The van der Waals surface area contributed by atoms with Crippen molar-refractivity contribution in [2.75, 3.05) is 13.7 Å². The van der Waals surface area contributed by atoms with E-state index in [1.807, 2.05) is 13.8 Å². The summed E-state index contributed by atoms with van der Waals surface area (Å²) in [5.74, 6) is -1.18. The molecule has 0 fully saturated rings. The number of aryl methyl sites for hydroxylation is 1. The number of nitrogens with one attached hydrogen (secondary N) is 1. The number of rotatable bonds is 6. The lowest BCUT2D eigenvalue weighted by molar-refractivity contribution is -0.131. The zero-order valence-electron chi connectivity index (χ0n) is 11.1. The third kappa shape index (κ3) is 4.84. The smallest absolute Gasteiger partial charge is 0.328 e. The number of carbonyl (C=O) groups is 2. The van der Waals surface area contributed by atoms with Crippen LogP contribution in [-0.4, -0.2) is 36.7 Å². The molecule has 1 aromatic rings. The van der Waals surface area contributed by atoms with Crippen molar-refractivity contribution >= 4 is 29.3 Å². The van der Waals surface area contributed by atoms with Gasteiger partial charge in [0.1, 0.15) is 0 Å². The molecule has 5 nitrogen and oxygen atoms in total. The van der Waals surface area contributed by atoms with E-state index in [-0.39, 0.29) is 11.9 Å². The van der Waals surface area contributed by atoms with Gasteiger partial charge < -0.3 is 15.2 Å². The minimum Gasteiger partial charge on any atom is -0.478 e. The Hall–Kier alpha value is -1.66. The van der Waals surface area contributed by atoms with Gasteiger partial charge in [0.2, 0.25) is 0 Å². The molecule has 0 aromatic carbocycles. The van der Waals surface area contributed by atoms with Gasteiger partial charge in [-0.3, -0.25) is 4.79 Å². The van der Waals surface area contributed by atoms with Gasteiger partial charge in [0, 0.05) is 24.1 Å². The van der Waals surface area contributed by atoms with Crippen molar-refractivity contribution in [1.29, 1.82) is 0 Å². The molecule has 0 saturated heterocycles. The molecule has 1 aromatic heterocycles. The fourth-order valence-corrected chi connectivity index (χ4v) is 2.49. The van der Waals surface area contributed by atoms with E-state index in [0.717, 1.165) is 16.5 Å². The highest BCUT2D eigenvalue weighted by Crippen LogP contribution is 2.23. The average molecular weight is 283 g/mol. The van der Waals surface area contributed by atoms with E-state index >= 15 is 0 Å². The molecule has 104 valence electrons. The van der Waals surface area contributed by atoms with E-state index in [1.54, 1.807) is 13.2 Å². The number of hydrogen-bond acceptors (Lipinski definition) is 4. The number of thiophene rings is 1. The molecule has 1 rings (SSSR count). The van der Waals surface area contributed by atoms with Crippen LogP contribution in [0.1, 0.15) is 27.0 Å². The van der Waals surface area contributed by atoms with E-state index in [2.05, 4.69) is 5.32 Å². The van der Waals surface area contributed by atoms with Crippen LogP contribution >= 0.6 is 11.3 Å². The standard InChI is InChI=1S/C13H17NO4S/c1-8-6-11(13(17)14-9(2)7-18-3)19-10(8)4-5-12(15)16/h4-6,9H,7H2,1-3H3,(H,14,17)(H,15,16). The summed E-state index contributed by atoms with van der Waals surface area (Å²) in [6.07, 6.45) is 2.56. The molecule has 1 atom stereocenters. The molecule has 0 saturated carbocycles. The largest absolute Gasteiger partial charge is 0.478 e. The maximum Gasteiger partial charge on any atom is 0.328 e. The quantitative estimate of drug-likeness (QED) is 0.782. The molecule has 0 radical (unpaired) electrons. The number of ether oxygens (including phenoxy) is 1. The summed E-state index contributed by atoms with van der Waals surface area (Å²) in [5.41, 5.74) is 0.882. The Morgan fingerprint density at radius 1 is 1.58 bits per heavy atom. The Balaban J connectivity index is 2.77. The molecule has 0 spiro atoms. The van der Waals surface area contributed by atoms with Crippen LogP contribution in [0.25, 0.3) is 6.08 Å². The number of hydrogen-bond donors (Lipinski definition) is 2. The molecule has 2 N–H and O–H groups in total. The zero-order chi connectivity index (χ0) is 14.4. The monoisotopic (exact) mass is 283 g/mol. The third-order valence-electron chi connectivity index (χ3n) is 2.35. The molecule has 1 heterocycles. The molecular weight excluding hydrogens is 266 g/mol. The van der Waals surface area contributed by atoms with E-state index in [0.29, 0.717) is 11.5 Å². The Bertz CT molecular complexity index is 493. The first-order valence-corrected chi connectivity index (χ1v) is 6.57. The van der Waals surface area contributed by atoms with E-state index < -0.39 is 5.97 Å². The van der Waals surface area contributed by atoms with Gasteiger partial charge in [-0.25, -0.2) is 4.79 Å². The molecule has 0 aliphatic carbocycles. The van der Waals surface area contributed by atoms with Gasteiger partial charge >= 0.3 is 5.97 Å². The summed E-state index contributed by atoms with van der Waals surface area (Å²) < 4.78 is 4.95. The average Bonchev–Trinajstić information content (AvgIpc) is 2.68. The molecule has 0 bridgehead atoms. The normalized spacial score (nSPS) is 12.6. The van der Waals surface area contributed by atoms with Crippen LogP contribution < -0.4 is 5.32 Å². The fourth-order valence-electron chi connectivity index (χ4n) is 1.51. The summed E-state index contributed by atoms with van der Waals surface area (Å²) in [4.78, 5) is 23.7.